The van der Waals surface area contributed by atoms with E-state index in [-0.39, 0.29) is 12.5 Å². The van der Waals surface area contributed by atoms with Crippen LogP contribution in [0.3, 0.4) is 0 Å². The average molecular weight is 210 g/mol. The van der Waals surface area contributed by atoms with Gasteiger partial charge in [0.15, 0.2) is 0 Å². The highest BCUT2D eigenvalue weighted by molar-refractivity contribution is 5.75. The summed E-state index contributed by atoms with van der Waals surface area (Å²) in [7, 11) is 1.62. The molecular formula is C10H18N4O. The normalized spacial score (nSPS) is 12.2. The molecule has 0 saturated heterocycles. The lowest BCUT2D eigenvalue weighted by molar-refractivity contribution is -0.121. The second kappa shape index (κ2) is 5.38. The first-order valence-electron chi connectivity index (χ1n) is 5.15. The standard InChI is InChI=1S/C10H18N4O/c1-4-8(2)13-9-5-12-14(6-9)7-10(15)11-3/h5-6,8,13H,4,7H2,1-3H3,(H,11,15). The van der Waals surface area contributed by atoms with Crippen LogP contribution in [0.2, 0.25) is 0 Å². The Bertz CT molecular complexity index is 321. The lowest BCUT2D eigenvalue weighted by Gasteiger charge is -2.09. The molecule has 0 aliphatic heterocycles. The summed E-state index contributed by atoms with van der Waals surface area (Å²) in [5.74, 6) is -0.0480. The zero-order valence-electron chi connectivity index (χ0n) is 9.45. The molecule has 0 fully saturated rings. The van der Waals surface area contributed by atoms with Crippen molar-refractivity contribution in [2.24, 2.45) is 0 Å². The van der Waals surface area contributed by atoms with Crippen LogP contribution >= 0.6 is 0 Å². The first kappa shape index (κ1) is 11.6. The maximum absolute atomic E-state index is 11.1. The number of nitrogens with zero attached hydrogens (tertiary/aromatic N) is 2. The summed E-state index contributed by atoms with van der Waals surface area (Å²) in [5, 5.41) is 9.93. The first-order valence-corrected chi connectivity index (χ1v) is 5.15. The molecule has 1 aromatic heterocycles. The second-order valence-electron chi connectivity index (χ2n) is 3.55. The van der Waals surface area contributed by atoms with E-state index in [2.05, 4.69) is 29.6 Å². The Balaban J connectivity index is 2.52. The molecule has 84 valence electrons. The Kier molecular flexibility index (Phi) is 4.15. The first-order chi connectivity index (χ1) is 7.15. The number of carbonyl (C=O) groups is 1. The summed E-state index contributed by atoms with van der Waals surface area (Å²) < 4.78 is 1.61. The maximum atomic E-state index is 11.1. The Morgan fingerprint density at radius 3 is 3.00 bits per heavy atom. The number of amides is 1. The number of hydrogen-bond donors (Lipinski definition) is 2. The van der Waals surface area contributed by atoms with Crippen molar-refractivity contribution in [3.8, 4) is 0 Å². The highest BCUT2D eigenvalue weighted by atomic mass is 16.1. The van der Waals surface area contributed by atoms with Crippen molar-refractivity contribution >= 4 is 11.6 Å². The second-order valence-corrected chi connectivity index (χ2v) is 3.55. The van der Waals surface area contributed by atoms with Crippen LogP contribution in [0.25, 0.3) is 0 Å². The molecule has 0 bridgehead atoms. The monoisotopic (exact) mass is 210 g/mol. The summed E-state index contributed by atoms with van der Waals surface area (Å²) >= 11 is 0. The van der Waals surface area contributed by atoms with E-state index in [9.17, 15) is 4.79 Å². The molecule has 0 saturated carbocycles. The van der Waals surface area contributed by atoms with Crippen molar-refractivity contribution in [2.75, 3.05) is 12.4 Å². The van der Waals surface area contributed by atoms with E-state index >= 15 is 0 Å². The van der Waals surface area contributed by atoms with E-state index < -0.39 is 0 Å². The van der Waals surface area contributed by atoms with Gasteiger partial charge in [-0.1, -0.05) is 6.92 Å². The van der Waals surface area contributed by atoms with Gasteiger partial charge in [0.2, 0.25) is 5.91 Å². The number of anilines is 1. The molecule has 0 radical (unpaired) electrons. The van der Waals surface area contributed by atoms with Crippen molar-refractivity contribution in [3.63, 3.8) is 0 Å². The molecule has 0 aliphatic rings. The zero-order chi connectivity index (χ0) is 11.3. The van der Waals surface area contributed by atoms with Gasteiger partial charge in [-0.3, -0.25) is 9.48 Å². The molecule has 5 heteroatoms. The molecule has 1 amide bonds. The smallest absolute Gasteiger partial charge is 0.241 e. The minimum absolute atomic E-state index is 0.0480. The van der Waals surface area contributed by atoms with E-state index in [1.807, 2.05) is 6.20 Å². The zero-order valence-corrected chi connectivity index (χ0v) is 9.45. The molecule has 1 unspecified atom stereocenters. The summed E-state index contributed by atoms with van der Waals surface area (Å²) in [4.78, 5) is 11.1. The third kappa shape index (κ3) is 3.61. The highest BCUT2D eigenvalue weighted by Gasteiger charge is 2.04. The van der Waals surface area contributed by atoms with Crippen LogP contribution in [0.15, 0.2) is 12.4 Å². The van der Waals surface area contributed by atoms with Crippen molar-refractivity contribution in [1.29, 1.82) is 0 Å². The van der Waals surface area contributed by atoms with E-state index in [0.29, 0.717) is 6.04 Å². The van der Waals surface area contributed by atoms with Crippen molar-refractivity contribution in [1.82, 2.24) is 15.1 Å². The van der Waals surface area contributed by atoms with Gasteiger partial charge < -0.3 is 10.6 Å². The summed E-state index contributed by atoms with van der Waals surface area (Å²) in [6.07, 6.45) is 4.62. The Morgan fingerprint density at radius 2 is 2.40 bits per heavy atom. The van der Waals surface area contributed by atoms with E-state index in [4.69, 9.17) is 0 Å². The summed E-state index contributed by atoms with van der Waals surface area (Å²) in [6.45, 7) is 4.49. The summed E-state index contributed by atoms with van der Waals surface area (Å²) in [6, 6.07) is 0.419. The van der Waals surface area contributed by atoms with E-state index in [1.165, 1.54) is 0 Å². The minimum Gasteiger partial charge on any atom is -0.380 e. The third-order valence-corrected chi connectivity index (χ3v) is 2.24. The van der Waals surface area contributed by atoms with Gasteiger partial charge in [0.25, 0.3) is 0 Å². The van der Waals surface area contributed by atoms with Crippen LogP contribution < -0.4 is 10.6 Å². The number of aromatic nitrogens is 2. The van der Waals surface area contributed by atoms with Gasteiger partial charge >= 0.3 is 0 Å². The van der Waals surface area contributed by atoms with E-state index in [0.717, 1.165) is 12.1 Å². The van der Waals surface area contributed by atoms with Gasteiger partial charge in [0, 0.05) is 19.3 Å². The van der Waals surface area contributed by atoms with Crippen LogP contribution in [-0.4, -0.2) is 28.8 Å². The van der Waals surface area contributed by atoms with Crippen molar-refractivity contribution in [2.45, 2.75) is 32.9 Å². The van der Waals surface area contributed by atoms with Crippen LogP contribution in [0.4, 0.5) is 5.69 Å². The fraction of sp³-hybridized carbons (Fsp3) is 0.600. The van der Waals surface area contributed by atoms with E-state index in [1.54, 1.807) is 17.9 Å². The molecule has 1 atom stereocenters. The van der Waals surface area contributed by atoms with Crippen molar-refractivity contribution < 1.29 is 4.79 Å². The number of nitrogens with one attached hydrogen (secondary N) is 2. The predicted molar refractivity (Wildman–Crippen MR) is 59.7 cm³/mol. The van der Waals surface area contributed by atoms with Gasteiger partial charge in [-0.05, 0) is 13.3 Å². The van der Waals surface area contributed by atoms with Crippen LogP contribution in [0.5, 0.6) is 0 Å². The van der Waals surface area contributed by atoms with Gasteiger partial charge in [0.05, 0.1) is 11.9 Å². The van der Waals surface area contributed by atoms with Crippen LogP contribution in [0.1, 0.15) is 20.3 Å². The van der Waals surface area contributed by atoms with Gasteiger partial charge in [-0.15, -0.1) is 0 Å². The fourth-order valence-electron chi connectivity index (χ4n) is 1.14. The molecule has 2 N–H and O–H groups in total. The summed E-state index contributed by atoms with van der Waals surface area (Å²) in [5.41, 5.74) is 0.952. The Hall–Kier alpha value is -1.52. The van der Waals surface area contributed by atoms with Gasteiger partial charge in [-0.25, -0.2) is 0 Å². The topological polar surface area (TPSA) is 59.0 Å². The molecule has 15 heavy (non-hydrogen) atoms. The lowest BCUT2D eigenvalue weighted by atomic mass is 10.2. The largest absolute Gasteiger partial charge is 0.380 e. The van der Waals surface area contributed by atoms with Gasteiger partial charge in [0.1, 0.15) is 6.54 Å². The Morgan fingerprint density at radius 1 is 1.67 bits per heavy atom. The molecule has 1 rings (SSSR count). The fourth-order valence-corrected chi connectivity index (χ4v) is 1.14. The molecule has 1 aromatic rings. The maximum Gasteiger partial charge on any atom is 0.241 e. The van der Waals surface area contributed by atoms with Crippen molar-refractivity contribution in [3.05, 3.63) is 12.4 Å². The molecular weight excluding hydrogens is 192 g/mol. The number of hydrogen-bond acceptors (Lipinski definition) is 3. The molecule has 0 spiro atoms. The molecule has 0 aliphatic carbocycles. The number of likely N-dealkylation sites (N-methyl/N-ethyl adjacent to an activating group) is 1. The average Bonchev–Trinajstić information content (AvgIpc) is 2.65. The van der Waals surface area contributed by atoms with Crippen LogP contribution in [0, 0.1) is 0 Å². The highest BCUT2D eigenvalue weighted by Crippen LogP contribution is 2.07. The predicted octanol–water partition coefficient (Wildman–Crippen LogP) is 0.839. The quantitative estimate of drug-likeness (QED) is 0.757. The Labute approximate surface area is 89.9 Å². The minimum atomic E-state index is -0.0480. The molecule has 0 aromatic carbocycles. The SMILES string of the molecule is CCC(C)Nc1cnn(CC(=O)NC)c1. The molecule has 5 nitrogen and oxygen atoms in total. The third-order valence-electron chi connectivity index (χ3n) is 2.24. The number of rotatable bonds is 5. The van der Waals surface area contributed by atoms with Gasteiger partial charge in [-0.2, -0.15) is 5.10 Å². The molecule has 1 heterocycles. The number of carbonyl (C=O) groups excluding carboxylic acids is 1. The lowest BCUT2D eigenvalue weighted by Crippen LogP contribution is -2.23. The van der Waals surface area contributed by atoms with Crippen LogP contribution in [-0.2, 0) is 11.3 Å².